The van der Waals surface area contributed by atoms with Crippen LogP contribution in [0.25, 0.3) is 10.9 Å². The van der Waals surface area contributed by atoms with Gasteiger partial charge in [0, 0.05) is 33.9 Å². The van der Waals surface area contributed by atoms with E-state index in [1.807, 2.05) is 37.3 Å². The van der Waals surface area contributed by atoms with E-state index in [1.54, 1.807) is 19.1 Å². The molecule has 1 aromatic carbocycles. The number of thiophene rings is 1. The summed E-state index contributed by atoms with van der Waals surface area (Å²) >= 11 is 1.47. The van der Waals surface area contributed by atoms with E-state index in [1.165, 1.54) is 11.3 Å². The highest BCUT2D eigenvalue weighted by atomic mass is 32.2. The summed E-state index contributed by atoms with van der Waals surface area (Å²) in [7, 11) is -3.52. The molecule has 0 aliphatic heterocycles. The van der Waals surface area contributed by atoms with Gasteiger partial charge >= 0.3 is 0 Å². The predicted molar refractivity (Wildman–Crippen MR) is 104 cm³/mol. The molecule has 26 heavy (non-hydrogen) atoms. The van der Waals surface area contributed by atoms with Gasteiger partial charge in [0.25, 0.3) is 0 Å². The second-order valence-corrected chi connectivity index (χ2v) is 8.98. The Bertz CT molecular complexity index is 1100. The fourth-order valence-corrected chi connectivity index (χ4v) is 5.30. The summed E-state index contributed by atoms with van der Waals surface area (Å²) < 4.78 is 27.4. The van der Waals surface area contributed by atoms with Crippen molar-refractivity contribution in [1.29, 1.82) is 5.26 Å². The van der Waals surface area contributed by atoms with E-state index in [9.17, 15) is 8.42 Å². The van der Waals surface area contributed by atoms with Crippen molar-refractivity contribution in [2.45, 2.75) is 18.7 Å². The summed E-state index contributed by atoms with van der Waals surface area (Å²) in [5.41, 5.74) is 1.80. The summed E-state index contributed by atoms with van der Waals surface area (Å²) in [6, 6.07) is 12.9. The molecule has 0 unspecified atom stereocenters. The molecule has 0 aliphatic carbocycles. The van der Waals surface area contributed by atoms with Gasteiger partial charge in [-0.1, -0.05) is 18.2 Å². The lowest BCUT2D eigenvalue weighted by atomic mass is 10.1. The van der Waals surface area contributed by atoms with Crippen LogP contribution in [0.15, 0.2) is 41.3 Å². The smallest absolute Gasteiger partial charge is 0.241 e. The minimum atomic E-state index is -3.52. The summed E-state index contributed by atoms with van der Waals surface area (Å²) in [6.45, 7) is 4.31. The number of benzene rings is 1. The first-order valence-electron chi connectivity index (χ1n) is 8.01. The van der Waals surface area contributed by atoms with Crippen molar-refractivity contribution in [2.75, 3.05) is 18.4 Å². The number of pyridine rings is 1. The number of hydrogen-bond acceptors (Lipinski definition) is 6. The Hall–Kier alpha value is -2.47. The third kappa shape index (κ3) is 3.85. The molecule has 0 saturated heterocycles. The predicted octanol–water partition coefficient (Wildman–Crippen LogP) is 3.18. The maximum absolute atomic E-state index is 12.4. The molecule has 3 aromatic rings. The van der Waals surface area contributed by atoms with Crippen molar-refractivity contribution in [2.24, 2.45) is 0 Å². The van der Waals surface area contributed by atoms with Crippen LogP contribution in [-0.4, -0.2) is 26.5 Å². The Balaban J connectivity index is 1.70. The molecular formula is C18H18N4O2S2. The average Bonchev–Trinajstić information content (AvgIpc) is 2.97. The van der Waals surface area contributed by atoms with Crippen LogP contribution in [0.4, 0.5) is 5.69 Å². The van der Waals surface area contributed by atoms with Crippen LogP contribution in [0, 0.1) is 25.2 Å². The first-order chi connectivity index (χ1) is 12.4. The van der Waals surface area contributed by atoms with Crippen LogP contribution in [0.2, 0.25) is 0 Å². The van der Waals surface area contributed by atoms with Gasteiger partial charge in [0.15, 0.2) is 0 Å². The monoisotopic (exact) mass is 386 g/mol. The minimum Gasteiger partial charge on any atom is -0.383 e. The van der Waals surface area contributed by atoms with E-state index in [-0.39, 0.29) is 6.54 Å². The number of nitrogens with one attached hydrogen (secondary N) is 2. The number of rotatable bonds is 6. The van der Waals surface area contributed by atoms with Crippen molar-refractivity contribution in [3.05, 3.63) is 51.8 Å². The van der Waals surface area contributed by atoms with E-state index < -0.39 is 10.0 Å². The molecule has 2 heterocycles. The lowest BCUT2D eigenvalue weighted by Crippen LogP contribution is -2.29. The maximum atomic E-state index is 12.4. The number of nitriles is 1. The highest BCUT2D eigenvalue weighted by Crippen LogP contribution is 2.25. The van der Waals surface area contributed by atoms with E-state index >= 15 is 0 Å². The number of anilines is 1. The summed E-state index contributed by atoms with van der Waals surface area (Å²) in [6.07, 6.45) is 0. The quantitative estimate of drug-likeness (QED) is 0.635. The second-order valence-electron chi connectivity index (χ2n) is 5.79. The van der Waals surface area contributed by atoms with Crippen LogP contribution in [0.1, 0.15) is 15.4 Å². The third-order valence-corrected chi connectivity index (χ3v) is 6.53. The molecule has 0 atom stereocenters. The normalized spacial score (nSPS) is 11.4. The lowest BCUT2D eigenvalue weighted by molar-refractivity contribution is 0.582. The highest BCUT2D eigenvalue weighted by molar-refractivity contribution is 7.89. The second kappa shape index (κ2) is 7.41. The zero-order chi connectivity index (χ0) is 18.7. The molecule has 0 radical (unpaired) electrons. The molecule has 2 N–H and O–H groups in total. The minimum absolute atomic E-state index is 0.231. The Morgan fingerprint density at radius 2 is 1.96 bits per heavy atom. The number of aryl methyl sites for hydroxylation is 2. The van der Waals surface area contributed by atoms with E-state index in [4.69, 9.17) is 5.26 Å². The molecule has 0 spiro atoms. The van der Waals surface area contributed by atoms with Gasteiger partial charge in [-0.3, -0.25) is 0 Å². The standard InChI is InChI=1S/C18H18N4O2S2/c1-12-9-18(13(2)25-12)26(23,24)21-8-7-20-17-10-14(11-19)22-16-6-4-3-5-15(16)17/h3-6,9-10,21H,7-8H2,1-2H3,(H,20,22). The Morgan fingerprint density at radius 3 is 2.65 bits per heavy atom. The van der Waals surface area contributed by atoms with Gasteiger partial charge in [-0.25, -0.2) is 18.1 Å². The number of para-hydroxylation sites is 1. The van der Waals surface area contributed by atoms with Crippen LogP contribution in [0.3, 0.4) is 0 Å². The molecule has 134 valence electrons. The molecule has 0 aliphatic rings. The third-order valence-electron chi connectivity index (χ3n) is 3.85. The number of nitrogens with zero attached hydrogens (tertiary/aromatic N) is 2. The first kappa shape index (κ1) is 18.3. The molecule has 2 aromatic heterocycles. The highest BCUT2D eigenvalue weighted by Gasteiger charge is 2.18. The molecule has 0 fully saturated rings. The zero-order valence-corrected chi connectivity index (χ0v) is 16.0. The van der Waals surface area contributed by atoms with Crippen molar-refractivity contribution < 1.29 is 8.42 Å². The van der Waals surface area contributed by atoms with Crippen LogP contribution >= 0.6 is 11.3 Å². The summed E-state index contributed by atoms with van der Waals surface area (Å²) in [5, 5.41) is 13.2. The van der Waals surface area contributed by atoms with Crippen LogP contribution < -0.4 is 10.0 Å². The van der Waals surface area contributed by atoms with E-state index in [2.05, 4.69) is 15.0 Å². The number of aromatic nitrogens is 1. The Morgan fingerprint density at radius 1 is 1.19 bits per heavy atom. The zero-order valence-electron chi connectivity index (χ0n) is 14.4. The van der Waals surface area contributed by atoms with Gasteiger partial charge in [-0.2, -0.15) is 5.26 Å². The number of sulfonamides is 1. The van der Waals surface area contributed by atoms with Gasteiger partial charge < -0.3 is 5.32 Å². The molecular weight excluding hydrogens is 368 g/mol. The number of fused-ring (bicyclic) bond motifs is 1. The molecule has 6 nitrogen and oxygen atoms in total. The Kier molecular flexibility index (Phi) is 5.23. The van der Waals surface area contributed by atoms with Crippen molar-refractivity contribution in [3.63, 3.8) is 0 Å². The van der Waals surface area contributed by atoms with E-state index in [0.717, 1.165) is 26.3 Å². The largest absolute Gasteiger partial charge is 0.383 e. The fraction of sp³-hybridized carbons (Fsp3) is 0.222. The van der Waals surface area contributed by atoms with Gasteiger partial charge in [0.05, 0.1) is 10.4 Å². The summed E-state index contributed by atoms with van der Waals surface area (Å²) in [5.74, 6) is 0. The van der Waals surface area contributed by atoms with E-state index in [0.29, 0.717) is 17.1 Å². The van der Waals surface area contributed by atoms with Crippen LogP contribution in [0.5, 0.6) is 0 Å². The average molecular weight is 387 g/mol. The van der Waals surface area contributed by atoms with Gasteiger partial charge in [-0.05, 0) is 32.0 Å². The topological polar surface area (TPSA) is 94.9 Å². The molecule has 0 amide bonds. The van der Waals surface area contributed by atoms with Crippen molar-refractivity contribution in [1.82, 2.24) is 9.71 Å². The molecule has 3 rings (SSSR count). The van der Waals surface area contributed by atoms with Gasteiger partial charge in [0.1, 0.15) is 11.8 Å². The molecule has 8 heteroatoms. The molecule has 0 bridgehead atoms. The van der Waals surface area contributed by atoms with Crippen LogP contribution in [-0.2, 0) is 10.0 Å². The van der Waals surface area contributed by atoms with Gasteiger partial charge in [0.2, 0.25) is 10.0 Å². The van der Waals surface area contributed by atoms with Crippen molar-refractivity contribution >= 4 is 38.0 Å². The number of hydrogen-bond donors (Lipinski definition) is 2. The maximum Gasteiger partial charge on any atom is 0.241 e. The summed E-state index contributed by atoms with van der Waals surface area (Å²) in [4.78, 5) is 6.34. The Labute approximate surface area is 156 Å². The molecule has 0 saturated carbocycles. The fourth-order valence-electron chi connectivity index (χ4n) is 2.71. The van der Waals surface area contributed by atoms with Crippen molar-refractivity contribution in [3.8, 4) is 6.07 Å². The SMILES string of the molecule is Cc1cc(S(=O)(=O)NCCNc2cc(C#N)nc3ccccc23)c(C)s1. The first-order valence-corrected chi connectivity index (χ1v) is 10.3. The van der Waals surface area contributed by atoms with Gasteiger partial charge in [-0.15, -0.1) is 11.3 Å². The lowest BCUT2D eigenvalue weighted by Gasteiger charge is -2.11.